The first-order valence-corrected chi connectivity index (χ1v) is 6.71. The molecule has 2 heterocycles. The Kier molecular flexibility index (Phi) is 3.86. The molecule has 0 aromatic carbocycles. The minimum Gasteiger partial charge on any atom is -0.481 e. The van der Waals surface area contributed by atoms with E-state index in [4.69, 9.17) is 5.11 Å². The maximum Gasteiger partial charge on any atom is 0.313 e. The fourth-order valence-corrected chi connectivity index (χ4v) is 2.48. The summed E-state index contributed by atoms with van der Waals surface area (Å²) in [4.78, 5) is 19.1. The third-order valence-corrected chi connectivity index (χ3v) is 3.35. The fraction of sp³-hybridized carbons (Fsp3) is 0.417. The lowest BCUT2D eigenvalue weighted by atomic mass is 10.2. The monoisotopic (exact) mass is 265 g/mol. The zero-order valence-electron chi connectivity index (χ0n) is 10.3. The molecule has 96 valence electrons. The van der Waals surface area contributed by atoms with E-state index in [9.17, 15) is 4.79 Å². The zero-order valence-corrected chi connectivity index (χ0v) is 11.1. The van der Waals surface area contributed by atoms with E-state index in [0.29, 0.717) is 5.92 Å². The van der Waals surface area contributed by atoms with Crippen LogP contribution >= 0.6 is 11.8 Å². The van der Waals surface area contributed by atoms with E-state index >= 15 is 0 Å². The highest BCUT2D eigenvalue weighted by atomic mass is 32.2. The van der Waals surface area contributed by atoms with Crippen molar-refractivity contribution < 1.29 is 9.90 Å². The lowest BCUT2D eigenvalue weighted by Gasteiger charge is -2.10. The summed E-state index contributed by atoms with van der Waals surface area (Å²) < 4.78 is 2.06. The van der Waals surface area contributed by atoms with Crippen LogP contribution in [-0.2, 0) is 11.3 Å². The average Bonchev–Trinajstić information content (AvgIpc) is 2.64. The van der Waals surface area contributed by atoms with Gasteiger partial charge in [0, 0.05) is 12.7 Å². The molecule has 2 rings (SSSR count). The molecule has 0 aliphatic rings. The molecule has 0 bridgehead atoms. The fourth-order valence-electron chi connectivity index (χ4n) is 1.74. The number of imidazole rings is 1. The van der Waals surface area contributed by atoms with E-state index < -0.39 is 5.97 Å². The van der Waals surface area contributed by atoms with Crippen molar-refractivity contribution in [3.63, 3.8) is 0 Å². The molecule has 0 saturated carbocycles. The minimum atomic E-state index is -0.832. The van der Waals surface area contributed by atoms with E-state index in [-0.39, 0.29) is 5.75 Å². The van der Waals surface area contributed by atoms with Crippen LogP contribution in [0.2, 0.25) is 0 Å². The molecule has 0 atom stereocenters. The van der Waals surface area contributed by atoms with Gasteiger partial charge < -0.3 is 9.67 Å². The molecule has 0 fully saturated rings. The summed E-state index contributed by atoms with van der Waals surface area (Å²) >= 11 is 1.25. The predicted octanol–water partition coefficient (Wildman–Crippen LogP) is 2.26. The van der Waals surface area contributed by atoms with Crippen LogP contribution in [0.1, 0.15) is 13.8 Å². The molecule has 0 aliphatic carbocycles. The Balaban J connectivity index is 2.39. The van der Waals surface area contributed by atoms with Crippen LogP contribution in [0.15, 0.2) is 23.6 Å². The summed E-state index contributed by atoms with van der Waals surface area (Å²) in [5.74, 6) is -0.338. The number of thioether (sulfide) groups is 1. The molecule has 0 saturated heterocycles. The van der Waals surface area contributed by atoms with Gasteiger partial charge in [-0.3, -0.25) is 9.78 Å². The van der Waals surface area contributed by atoms with Gasteiger partial charge in [0.25, 0.3) is 0 Å². The lowest BCUT2D eigenvalue weighted by Crippen LogP contribution is -2.07. The smallest absolute Gasteiger partial charge is 0.313 e. The molecule has 1 N–H and O–H groups in total. The molecule has 2 aromatic heterocycles. The topological polar surface area (TPSA) is 68.0 Å². The Morgan fingerprint density at radius 2 is 2.33 bits per heavy atom. The van der Waals surface area contributed by atoms with Gasteiger partial charge in [-0.1, -0.05) is 25.6 Å². The number of rotatable bonds is 5. The average molecular weight is 265 g/mol. The highest BCUT2D eigenvalue weighted by Crippen LogP contribution is 2.24. The molecule has 5 nitrogen and oxygen atoms in total. The number of aliphatic carboxylic acids is 1. The molecular formula is C12H15N3O2S. The largest absolute Gasteiger partial charge is 0.481 e. The number of carboxylic acid groups (broad SMARTS) is 1. The van der Waals surface area contributed by atoms with Gasteiger partial charge in [-0.15, -0.1) is 0 Å². The molecule has 0 amide bonds. The normalized spacial score (nSPS) is 11.3. The number of hydrogen-bond acceptors (Lipinski definition) is 4. The second-order valence-corrected chi connectivity index (χ2v) is 5.39. The van der Waals surface area contributed by atoms with Crippen molar-refractivity contribution in [1.82, 2.24) is 14.5 Å². The van der Waals surface area contributed by atoms with E-state index in [1.807, 2.05) is 6.07 Å². The standard InChI is InChI=1S/C12H15N3O2S/c1-8(2)6-15-10-3-4-13-5-9(10)14-12(15)18-7-11(16)17/h3-5,8H,6-7H2,1-2H3,(H,16,17). The third kappa shape index (κ3) is 2.81. The third-order valence-electron chi connectivity index (χ3n) is 2.39. The van der Waals surface area contributed by atoms with Crippen molar-refractivity contribution in [1.29, 1.82) is 0 Å². The quantitative estimate of drug-likeness (QED) is 0.840. The summed E-state index contributed by atoms with van der Waals surface area (Å²) in [6.45, 7) is 5.07. The van der Waals surface area contributed by atoms with Gasteiger partial charge in [0.15, 0.2) is 5.16 Å². The van der Waals surface area contributed by atoms with Gasteiger partial charge in [0.2, 0.25) is 0 Å². The number of aromatic nitrogens is 3. The molecule has 0 unspecified atom stereocenters. The first-order valence-electron chi connectivity index (χ1n) is 5.72. The number of pyridine rings is 1. The Labute approximate surface area is 109 Å². The van der Waals surface area contributed by atoms with E-state index in [1.165, 1.54) is 11.8 Å². The van der Waals surface area contributed by atoms with Crippen LogP contribution in [-0.4, -0.2) is 31.4 Å². The number of carbonyl (C=O) groups is 1. The summed E-state index contributed by atoms with van der Waals surface area (Å²) in [6.07, 6.45) is 3.43. The van der Waals surface area contributed by atoms with Crippen molar-refractivity contribution in [2.24, 2.45) is 5.92 Å². The SMILES string of the molecule is CC(C)Cn1c(SCC(=O)O)nc2cnccc21. The highest BCUT2D eigenvalue weighted by molar-refractivity contribution is 7.99. The molecular weight excluding hydrogens is 250 g/mol. The number of hydrogen-bond donors (Lipinski definition) is 1. The summed E-state index contributed by atoms with van der Waals surface area (Å²) in [5.41, 5.74) is 1.82. The van der Waals surface area contributed by atoms with Gasteiger partial charge in [-0.2, -0.15) is 0 Å². The molecule has 0 radical (unpaired) electrons. The molecule has 0 spiro atoms. The van der Waals surface area contributed by atoms with Crippen molar-refractivity contribution in [2.45, 2.75) is 25.5 Å². The van der Waals surface area contributed by atoms with E-state index in [2.05, 4.69) is 28.4 Å². The van der Waals surface area contributed by atoms with E-state index in [0.717, 1.165) is 22.7 Å². The highest BCUT2D eigenvalue weighted by Gasteiger charge is 2.13. The van der Waals surface area contributed by atoms with Gasteiger partial charge in [0.05, 0.1) is 17.5 Å². The Morgan fingerprint density at radius 3 is 3.00 bits per heavy atom. The van der Waals surface area contributed by atoms with Crippen molar-refractivity contribution >= 4 is 28.8 Å². The van der Waals surface area contributed by atoms with Crippen molar-refractivity contribution in [3.8, 4) is 0 Å². The van der Waals surface area contributed by atoms with Crippen LogP contribution in [0.5, 0.6) is 0 Å². The van der Waals surface area contributed by atoms with Crippen molar-refractivity contribution in [2.75, 3.05) is 5.75 Å². The minimum absolute atomic E-state index is 0.0227. The molecule has 6 heteroatoms. The van der Waals surface area contributed by atoms with Crippen LogP contribution < -0.4 is 0 Å². The number of nitrogens with zero attached hydrogens (tertiary/aromatic N) is 3. The maximum atomic E-state index is 10.7. The molecule has 18 heavy (non-hydrogen) atoms. The van der Waals surface area contributed by atoms with Crippen molar-refractivity contribution in [3.05, 3.63) is 18.5 Å². The predicted molar refractivity (Wildman–Crippen MR) is 70.7 cm³/mol. The van der Waals surface area contributed by atoms with Crippen LogP contribution in [0.25, 0.3) is 11.0 Å². The Hall–Kier alpha value is -1.56. The number of carboxylic acids is 1. The first kappa shape index (κ1) is 12.9. The van der Waals surface area contributed by atoms with Gasteiger partial charge in [0.1, 0.15) is 5.52 Å². The second kappa shape index (κ2) is 5.39. The summed E-state index contributed by atoms with van der Waals surface area (Å²) in [7, 11) is 0. The van der Waals surface area contributed by atoms with Crippen LogP contribution in [0.3, 0.4) is 0 Å². The van der Waals surface area contributed by atoms with Crippen LogP contribution in [0, 0.1) is 5.92 Å². The van der Waals surface area contributed by atoms with Gasteiger partial charge in [-0.05, 0) is 12.0 Å². The second-order valence-electron chi connectivity index (χ2n) is 4.45. The molecule has 0 aliphatic heterocycles. The summed E-state index contributed by atoms with van der Waals surface area (Å²) in [6, 6.07) is 1.91. The maximum absolute atomic E-state index is 10.7. The van der Waals surface area contributed by atoms with Gasteiger partial charge >= 0.3 is 5.97 Å². The Bertz CT molecular complexity index is 565. The Morgan fingerprint density at radius 1 is 1.56 bits per heavy atom. The number of fused-ring (bicyclic) bond motifs is 1. The van der Waals surface area contributed by atoms with Gasteiger partial charge in [-0.25, -0.2) is 4.98 Å². The lowest BCUT2D eigenvalue weighted by molar-refractivity contribution is -0.133. The molecule has 2 aromatic rings. The zero-order chi connectivity index (χ0) is 13.1. The van der Waals surface area contributed by atoms with E-state index in [1.54, 1.807) is 12.4 Å². The van der Waals surface area contributed by atoms with Crippen LogP contribution in [0.4, 0.5) is 0 Å². The summed E-state index contributed by atoms with van der Waals surface area (Å²) in [5, 5.41) is 9.50. The first-order chi connectivity index (χ1) is 8.58.